The van der Waals surface area contributed by atoms with Gasteiger partial charge in [0.05, 0.1) is 29.9 Å². The number of nitrogens with zero attached hydrogens (tertiary/aromatic N) is 6. The molecule has 4 heterocycles. The normalized spacial score (nSPS) is 21.8. The van der Waals surface area contributed by atoms with Gasteiger partial charge < -0.3 is 15.0 Å². The van der Waals surface area contributed by atoms with E-state index in [2.05, 4.69) is 20.5 Å². The van der Waals surface area contributed by atoms with Gasteiger partial charge in [-0.2, -0.15) is 36.5 Å². The largest absolute Gasteiger partial charge is 0.435 e. The molecule has 2 aromatic heterocycles. The van der Waals surface area contributed by atoms with Crippen molar-refractivity contribution >= 4 is 23.0 Å². The van der Waals surface area contributed by atoms with Gasteiger partial charge in [-0.05, 0) is 26.7 Å². The first-order valence-electron chi connectivity index (χ1n) is 12.3. The van der Waals surface area contributed by atoms with Crippen molar-refractivity contribution in [3.63, 3.8) is 0 Å². The van der Waals surface area contributed by atoms with E-state index >= 15 is 0 Å². The Bertz CT molecular complexity index is 1360. The van der Waals surface area contributed by atoms with E-state index in [0.717, 1.165) is 23.3 Å². The molecular weight excluding hydrogens is 550 g/mol. The third kappa shape index (κ3) is 5.99. The van der Waals surface area contributed by atoms with E-state index in [1.165, 1.54) is 11.8 Å². The SMILES string of the molecule is CC(COCC(=O)N(C)C1CCN(C2(C)N=CC(C(F)(F)F)=CN2)CC1)n1nc(C(F)(F)F)c2c(=O)[nH]ncc21. The van der Waals surface area contributed by atoms with E-state index in [9.17, 15) is 35.9 Å². The van der Waals surface area contributed by atoms with E-state index in [1.54, 1.807) is 14.0 Å². The van der Waals surface area contributed by atoms with Gasteiger partial charge in [-0.3, -0.25) is 24.2 Å². The number of likely N-dealkylation sites (tertiary alicyclic amines) is 1. The molecule has 4 rings (SSSR count). The molecule has 2 aliphatic rings. The summed E-state index contributed by atoms with van der Waals surface area (Å²) >= 11 is 0. The number of carbonyl (C=O) groups excluding carboxylic acids is 1. The highest BCUT2D eigenvalue weighted by Crippen LogP contribution is 2.33. The minimum absolute atomic E-state index is 0.113. The lowest BCUT2D eigenvalue weighted by molar-refractivity contribution is -0.140. The Morgan fingerprint density at radius 2 is 1.90 bits per heavy atom. The molecule has 1 amide bonds. The molecule has 0 saturated carbocycles. The van der Waals surface area contributed by atoms with Crippen LogP contribution in [0.4, 0.5) is 26.3 Å². The minimum Gasteiger partial charge on any atom is -0.369 e. The Balaban J connectivity index is 1.29. The smallest absolute Gasteiger partial charge is 0.369 e. The number of amides is 1. The lowest BCUT2D eigenvalue weighted by Crippen LogP contribution is -2.59. The van der Waals surface area contributed by atoms with E-state index < -0.39 is 46.4 Å². The molecule has 0 radical (unpaired) electrons. The summed E-state index contributed by atoms with van der Waals surface area (Å²) in [7, 11) is 1.61. The predicted molar refractivity (Wildman–Crippen MR) is 130 cm³/mol. The van der Waals surface area contributed by atoms with Crippen molar-refractivity contribution in [2.75, 3.05) is 33.4 Å². The molecule has 2 aromatic rings. The molecule has 0 bridgehead atoms. The van der Waals surface area contributed by atoms with Crippen molar-refractivity contribution in [3.8, 4) is 0 Å². The predicted octanol–water partition coefficient (Wildman–Crippen LogP) is 2.43. The number of hydrogen-bond donors (Lipinski definition) is 2. The number of fused-ring (bicyclic) bond motifs is 1. The number of hydrogen-bond acceptors (Lipinski definition) is 8. The van der Waals surface area contributed by atoms with Crippen LogP contribution in [0.5, 0.6) is 0 Å². The Morgan fingerprint density at radius 3 is 2.48 bits per heavy atom. The van der Waals surface area contributed by atoms with Gasteiger partial charge in [-0.15, -0.1) is 0 Å². The highest BCUT2D eigenvalue weighted by molar-refractivity contribution is 5.81. The van der Waals surface area contributed by atoms with Crippen molar-refractivity contribution in [2.24, 2.45) is 4.99 Å². The fourth-order valence-electron chi connectivity index (χ4n) is 4.73. The van der Waals surface area contributed by atoms with Crippen LogP contribution in [0.25, 0.3) is 10.9 Å². The number of halogens is 6. The summed E-state index contributed by atoms with van der Waals surface area (Å²) in [5.74, 6) is -1.38. The van der Waals surface area contributed by atoms with Gasteiger partial charge >= 0.3 is 12.4 Å². The topological polar surface area (TPSA) is 121 Å². The van der Waals surface area contributed by atoms with Gasteiger partial charge in [-0.1, -0.05) is 0 Å². The summed E-state index contributed by atoms with van der Waals surface area (Å²) < 4.78 is 85.4. The molecule has 0 aliphatic carbocycles. The summed E-state index contributed by atoms with van der Waals surface area (Å²) in [6.07, 6.45) is -5.49. The number of nitrogens with one attached hydrogen (secondary N) is 2. The second kappa shape index (κ2) is 10.8. The van der Waals surface area contributed by atoms with E-state index in [0.29, 0.717) is 25.9 Å². The zero-order chi connectivity index (χ0) is 29.5. The van der Waals surface area contributed by atoms with Crippen LogP contribution >= 0.6 is 0 Å². The van der Waals surface area contributed by atoms with Gasteiger partial charge in [0.2, 0.25) is 5.91 Å². The summed E-state index contributed by atoms with van der Waals surface area (Å²) in [6, 6.07) is -0.899. The Kier molecular flexibility index (Phi) is 7.99. The third-order valence-corrected chi connectivity index (χ3v) is 7.10. The van der Waals surface area contributed by atoms with Gasteiger partial charge in [-0.25, -0.2) is 5.10 Å². The molecule has 0 aromatic carbocycles. The maximum absolute atomic E-state index is 13.4. The van der Waals surface area contributed by atoms with E-state index in [1.807, 2.05) is 10.00 Å². The molecule has 2 unspecified atom stereocenters. The molecule has 1 fully saturated rings. The summed E-state index contributed by atoms with van der Waals surface area (Å²) in [6.45, 7) is 3.65. The summed E-state index contributed by atoms with van der Waals surface area (Å²) in [5, 5.41) is 11.2. The quantitative estimate of drug-likeness (QED) is 0.485. The lowest BCUT2D eigenvalue weighted by Gasteiger charge is -2.45. The van der Waals surface area contributed by atoms with Crippen LogP contribution in [0, 0.1) is 0 Å². The minimum atomic E-state index is -4.85. The summed E-state index contributed by atoms with van der Waals surface area (Å²) in [4.78, 5) is 32.2. The molecule has 40 heavy (non-hydrogen) atoms. The average Bonchev–Trinajstić information content (AvgIpc) is 3.30. The van der Waals surface area contributed by atoms with Crippen LogP contribution in [-0.4, -0.2) is 93.3 Å². The van der Waals surface area contributed by atoms with E-state index in [4.69, 9.17) is 4.74 Å². The fraction of sp³-hybridized carbons (Fsp3) is 0.609. The lowest BCUT2D eigenvalue weighted by atomic mass is 10.0. The van der Waals surface area contributed by atoms with Crippen LogP contribution < -0.4 is 10.9 Å². The number of aromatic nitrogens is 4. The first-order valence-corrected chi connectivity index (χ1v) is 12.3. The highest BCUT2D eigenvalue weighted by Gasteiger charge is 2.41. The number of carbonyl (C=O) groups is 1. The molecule has 0 spiro atoms. The number of piperidine rings is 1. The number of rotatable bonds is 7. The van der Waals surface area contributed by atoms with Crippen molar-refractivity contribution in [1.82, 2.24) is 35.1 Å². The van der Waals surface area contributed by atoms with Crippen molar-refractivity contribution < 1.29 is 35.9 Å². The molecule has 2 N–H and O–H groups in total. The second-order valence-electron chi connectivity index (χ2n) is 9.86. The molecule has 17 heteroatoms. The van der Waals surface area contributed by atoms with Crippen molar-refractivity contribution in [2.45, 2.75) is 56.9 Å². The maximum atomic E-state index is 13.4. The Labute approximate surface area is 223 Å². The van der Waals surface area contributed by atoms with Crippen LogP contribution in [0.3, 0.4) is 0 Å². The number of allylic oxidation sites excluding steroid dienone is 1. The van der Waals surface area contributed by atoms with Gasteiger partial charge in [0, 0.05) is 38.6 Å². The number of likely N-dealkylation sites (N-methyl/N-ethyl adjacent to an activating group) is 1. The van der Waals surface area contributed by atoms with Crippen molar-refractivity contribution in [1.29, 1.82) is 0 Å². The van der Waals surface area contributed by atoms with Crippen LogP contribution in [0.2, 0.25) is 0 Å². The van der Waals surface area contributed by atoms with Crippen LogP contribution in [0.15, 0.2) is 27.8 Å². The maximum Gasteiger partial charge on any atom is 0.435 e. The zero-order valence-electron chi connectivity index (χ0n) is 21.8. The standard InChI is InChI=1S/C23H28F6N8O3/c1-13(37-16-10-32-33-20(39)18(16)19(34-37)23(27,28)29)11-40-12-17(38)35(3)15-4-6-36(7-5-15)21(2)30-8-14(9-31-21)22(24,25)26/h8-10,13,15,30H,4-7,11-12H2,1-3H3,(H,33,39). The summed E-state index contributed by atoms with van der Waals surface area (Å²) in [5.41, 5.74) is -3.33. The monoisotopic (exact) mass is 578 g/mol. The number of H-pyrrole nitrogens is 1. The second-order valence-corrected chi connectivity index (χ2v) is 9.86. The van der Waals surface area contributed by atoms with E-state index in [-0.39, 0.29) is 30.7 Å². The molecular formula is C23H28F6N8O3. The number of aromatic amines is 1. The average molecular weight is 579 g/mol. The molecule has 11 nitrogen and oxygen atoms in total. The third-order valence-electron chi connectivity index (χ3n) is 7.10. The van der Waals surface area contributed by atoms with Crippen LogP contribution in [0.1, 0.15) is 38.4 Å². The highest BCUT2D eigenvalue weighted by atomic mass is 19.4. The van der Waals surface area contributed by atoms with Gasteiger partial charge in [0.25, 0.3) is 5.56 Å². The molecule has 2 atom stereocenters. The Morgan fingerprint density at radius 1 is 1.23 bits per heavy atom. The Hall–Kier alpha value is -3.47. The van der Waals surface area contributed by atoms with Crippen molar-refractivity contribution in [3.05, 3.63) is 34.0 Å². The number of ether oxygens (including phenoxy) is 1. The molecule has 1 saturated heterocycles. The van der Waals surface area contributed by atoms with Gasteiger partial charge in [0.1, 0.15) is 12.0 Å². The van der Waals surface area contributed by atoms with Gasteiger partial charge in [0.15, 0.2) is 11.5 Å². The molecule has 220 valence electrons. The molecule has 2 aliphatic heterocycles. The number of aliphatic imine (C=N–C) groups is 1. The van der Waals surface area contributed by atoms with Crippen LogP contribution in [-0.2, 0) is 15.7 Å². The number of alkyl halides is 6. The zero-order valence-corrected chi connectivity index (χ0v) is 21.8. The first-order chi connectivity index (χ1) is 18.6. The first kappa shape index (κ1) is 29.5. The fourth-order valence-corrected chi connectivity index (χ4v) is 4.73.